The largest absolute Gasteiger partial charge is 0.491 e. The summed E-state index contributed by atoms with van der Waals surface area (Å²) in [5.74, 6) is -6.53. The second-order valence-corrected chi connectivity index (χ2v) is 6.55. The van der Waals surface area contributed by atoms with Gasteiger partial charge in [-0.25, -0.2) is 8.78 Å². The monoisotopic (exact) mass is 459 g/mol. The van der Waals surface area contributed by atoms with E-state index < -0.39 is 51.9 Å². The molecular weight excluding hydrogens is 444 g/mol. The second-order valence-electron chi connectivity index (χ2n) is 6.55. The molecule has 1 heterocycles. The number of benzene rings is 2. The maximum Gasteiger partial charge on any atom is 0.419 e. The molecule has 1 aromatic heterocycles. The van der Waals surface area contributed by atoms with Crippen LogP contribution >= 0.6 is 0 Å². The number of pyridine rings is 1. The quantitative estimate of drug-likeness (QED) is 0.505. The number of ether oxygens (including phenoxy) is 3. The molecule has 0 fully saturated rings. The lowest BCUT2D eigenvalue weighted by molar-refractivity contribution is -0.140. The molecule has 1 N–H and O–H groups in total. The van der Waals surface area contributed by atoms with Gasteiger partial charge in [-0.3, -0.25) is 4.79 Å². The van der Waals surface area contributed by atoms with E-state index >= 15 is 0 Å². The first-order valence-electron chi connectivity index (χ1n) is 8.86. The first-order chi connectivity index (χ1) is 15.0. The zero-order chi connectivity index (χ0) is 23.8. The number of alkyl halides is 3. The molecular formula is C21H15F6NO4. The molecule has 0 saturated carbocycles. The third-order valence-electron chi connectivity index (χ3n) is 4.41. The van der Waals surface area contributed by atoms with Crippen LogP contribution in [0.2, 0.25) is 0 Å². The molecule has 0 aliphatic heterocycles. The maximum absolute atomic E-state index is 14.4. The van der Waals surface area contributed by atoms with E-state index in [-0.39, 0.29) is 17.0 Å². The Morgan fingerprint density at radius 3 is 2.12 bits per heavy atom. The molecule has 0 bridgehead atoms. The normalized spacial score (nSPS) is 11.4. The van der Waals surface area contributed by atoms with Crippen LogP contribution in [-0.4, -0.2) is 19.2 Å². The number of aromatic nitrogens is 1. The highest BCUT2D eigenvalue weighted by Gasteiger charge is 2.36. The van der Waals surface area contributed by atoms with Crippen molar-refractivity contribution in [3.05, 3.63) is 69.3 Å². The van der Waals surface area contributed by atoms with Gasteiger partial charge >= 0.3 is 6.18 Å². The molecule has 2 aromatic carbocycles. The second kappa shape index (κ2) is 8.48. The number of methoxy groups -OCH3 is 2. The van der Waals surface area contributed by atoms with Crippen molar-refractivity contribution in [1.82, 2.24) is 4.98 Å². The number of hydrogen-bond acceptors (Lipinski definition) is 4. The minimum absolute atomic E-state index is 0.179. The van der Waals surface area contributed by atoms with Crippen molar-refractivity contribution < 1.29 is 40.6 Å². The molecule has 0 unspecified atom stereocenters. The van der Waals surface area contributed by atoms with Crippen molar-refractivity contribution in [2.24, 2.45) is 0 Å². The lowest BCUT2D eigenvalue weighted by Gasteiger charge is -2.18. The molecule has 0 amide bonds. The topological polar surface area (TPSA) is 60.5 Å². The van der Waals surface area contributed by atoms with Gasteiger partial charge in [0.15, 0.2) is 17.3 Å². The van der Waals surface area contributed by atoms with Crippen LogP contribution in [0.3, 0.4) is 0 Å². The van der Waals surface area contributed by atoms with Gasteiger partial charge in [-0.15, -0.1) is 0 Å². The van der Waals surface area contributed by atoms with Gasteiger partial charge in [0.2, 0.25) is 17.0 Å². The molecule has 170 valence electrons. The number of aromatic amines is 1. The number of hydrogen-bond donors (Lipinski definition) is 1. The fourth-order valence-corrected chi connectivity index (χ4v) is 3.02. The summed E-state index contributed by atoms with van der Waals surface area (Å²) in [6, 6.07) is 3.61. The average molecular weight is 459 g/mol. The number of rotatable bonds is 5. The van der Waals surface area contributed by atoms with Crippen molar-refractivity contribution in [2.75, 3.05) is 14.2 Å². The van der Waals surface area contributed by atoms with Crippen molar-refractivity contribution in [3.63, 3.8) is 0 Å². The summed E-state index contributed by atoms with van der Waals surface area (Å²) in [5.41, 5.74) is -2.52. The molecule has 0 atom stereocenters. The van der Waals surface area contributed by atoms with Gasteiger partial charge in [-0.05, 0) is 31.2 Å². The van der Waals surface area contributed by atoms with Crippen LogP contribution in [0.1, 0.15) is 11.3 Å². The van der Waals surface area contributed by atoms with E-state index in [9.17, 15) is 31.1 Å². The van der Waals surface area contributed by atoms with Gasteiger partial charge < -0.3 is 19.2 Å². The van der Waals surface area contributed by atoms with E-state index in [1.165, 1.54) is 13.0 Å². The van der Waals surface area contributed by atoms with Crippen LogP contribution in [0.15, 0.2) is 35.1 Å². The van der Waals surface area contributed by atoms with Gasteiger partial charge in [0.25, 0.3) is 0 Å². The summed E-state index contributed by atoms with van der Waals surface area (Å²) >= 11 is 0. The molecule has 32 heavy (non-hydrogen) atoms. The number of aryl methyl sites for hydroxylation is 1. The highest BCUT2D eigenvalue weighted by Crippen LogP contribution is 2.44. The third-order valence-corrected chi connectivity index (χ3v) is 4.41. The first-order valence-corrected chi connectivity index (χ1v) is 8.86. The van der Waals surface area contributed by atoms with Crippen LogP contribution in [0.4, 0.5) is 26.3 Å². The fraction of sp³-hybridized carbons (Fsp3) is 0.190. The highest BCUT2D eigenvalue weighted by atomic mass is 19.4. The smallest absolute Gasteiger partial charge is 0.419 e. The Morgan fingerprint density at radius 1 is 0.875 bits per heavy atom. The summed E-state index contributed by atoms with van der Waals surface area (Å²) in [6.07, 6.45) is -5.09. The molecule has 3 rings (SSSR count). The standard InChI is InChI=1S/C21H15F6NO4/c1-9-6-14(29)19(30-2)18(28-9)10-7-13(23)11(21(25,26)27)8-16(10)32-15-5-4-12(22)17(24)20(15)31-3/h4-8H,1-3H3,(H,28,29). The molecule has 0 aliphatic carbocycles. The third kappa shape index (κ3) is 4.23. The van der Waals surface area contributed by atoms with Crippen LogP contribution in [0.5, 0.6) is 23.0 Å². The molecule has 5 nitrogen and oxygen atoms in total. The zero-order valence-corrected chi connectivity index (χ0v) is 16.8. The Labute approximate surface area is 177 Å². The number of H-pyrrole nitrogens is 1. The summed E-state index contributed by atoms with van der Waals surface area (Å²) in [4.78, 5) is 15.0. The van der Waals surface area contributed by atoms with Gasteiger partial charge in [0.1, 0.15) is 11.6 Å². The predicted molar refractivity (Wildman–Crippen MR) is 102 cm³/mol. The maximum atomic E-state index is 14.4. The SMILES string of the molecule is COc1c(Oc2cc(C(F)(F)F)c(F)cc2-c2[nH]c(C)cc(=O)c2OC)ccc(F)c1F. The Bertz CT molecular complexity index is 1240. The van der Waals surface area contributed by atoms with Crippen molar-refractivity contribution in [3.8, 4) is 34.3 Å². The number of halogens is 6. The van der Waals surface area contributed by atoms with Crippen molar-refractivity contribution in [1.29, 1.82) is 0 Å². The van der Waals surface area contributed by atoms with Crippen molar-refractivity contribution >= 4 is 0 Å². The molecule has 11 heteroatoms. The Balaban J connectivity index is 2.33. The molecule has 0 saturated heterocycles. The van der Waals surface area contributed by atoms with Gasteiger partial charge in [-0.1, -0.05) is 0 Å². The van der Waals surface area contributed by atoms with Gasteiger partial charge in [0.05, 0.1) is 25.5 Å². The minimum Gasteiger partial charge on any atom is -0.491 e. The number of nitrogens with one attached hydrogen (secondary N) is 1. The molecule has 0 aliphatic rings. The van der Waals surface area contributed by atoms with Gasteiger partial charge in [0, 0.05) is 17.3 Å². The van der Waals surface area contributed by atoms with Crippen LogP contribution < -0.4 is 19.6 Å². The lowest BCUT2D eigenvalue weighted by Crippen LogP contribution is -2.11. The molecule has 3 aromatic rings. The summed E-state index contributed by atoms with van der Waals surface area (Å²) in [7, 11) is 2.14. The van der Waals surface area contributed by atoms with E-state index in [4.69, 9.17) is 14.2 Å². The van der Waals surface area contributed by atoms with Crippen LogP contribution in [0.25, 0.3) is 11.3 Å². The van der Waals surface area contributed by atoms with Crippen LogP contribution in [0, 0.1) is 24.4 Å². The average Bonchev–Trinajstić information content (AvgIpc) is 2.70. The fourth-order valence-electron chi connectivity index (χ4n) is 3.02. The predicted octanol–water partition coefficient (Wildman–Crippen LogP) is 5.60. The highest BCUT2D eigenvalue weighted by molar-refractivity contribution is 5.74. The Kier molecular flexibility index (Phi) is 6.11. The van der Waals surface area contributed by atoms with Gasteiger partial charge in [-0.2, -0.15) is 17.6 Å². The van der Waals surface area contributed by atoms with E-state index in [0.29, 0.717) is 23.9 Å². The van der Waals surface area contributed by atoms with E-state index in [2.05, 4.69) is 4.98 Å². The lowest BCUT2D eigenvalue weighted by atomic mass is 10.0. The first kappa shape index (κ1) is 23.0. The Morgan fingerprint density at radius 2 is 1.53 bits per heavy atom. The van der Waals surface area contributed by atoms with E-state index in [0.717, 1.165) is 20.3 Å². The Hall–Kier alpha value is -3.63. The zero-order valence-electron chi connectivity index (χ0n) is 16.8. The molecule has 0 spiro atoms. The summed E-state index contributed by atoms with van der Waals surface area (Å²) in [5, 5.41) is 0. The van der Waals surface area contributed by atoms with Crippen molar-refractivity contribution in [2.45, 2.75) is 13.1 Å². The van der Waals surface area contributed by atoms with E-state index in [1.54, 1.807) is 0 Å². The summed E-state index contributed by atoms with van der Waals surface area (Å²) < 4.78 is 97.2. The molecule has 0 radical (unpaired) electrons. The van der Waals surface area contributed by atoms with Crippen LogP contribution in [-0.2, 0) is 6.18 Å². The van der Waals surface area contributed by atoms with E-state index in [1.807, 2.05) is 0 Å². The summed E-state index contributed by atoms with van der Waals surface area (Å²) in [6.45, 7) is 1.49. The minimum atomic E-state index is -5.09.